The molecular formula is C9H8O5. The van der Waals surface area contributed by atoms with E-state index in [4.69, 9.17) is 15.3 Å². The number of rotatable bonds is 2. The van der Waals surface area contributed by atoms with Crippen molar-refractivity contribution >= 4 is 5.97 Å². The summed E-state index contributed by atoms with van der Waals surface area (Å²) in [5.74, 6) is -2.66. The zero-order valence-electron chi connectivity index (χ0n) is 7.10. The molecule has 74 valence electrons. The summed E-state index contributed by atoms with van der Waals surface area (Å²) in [5.41, 5.74) is -0.0855. The van der Waals surface area contributed by atoms with Crippen LogP contribution in [0, 0.1) is 0 Å². The highest BCUT2D eigenvalue weighted by Gasteiger charge is 2.13. The standard InChI is InChI=1S/C9H8O5/c1-2-14-9(13)5-3-6(10)8(12)7(11)4-5/h2-4,10-12H,1H2. The zero-order valence-corrected chi connectivity index (χ0v) is 7.10. The maximum absolute atomic E-state index is 11.1. The highest BCUT2D eigenvalue weighted by atomic mass is 16.5. The van der Waals surface area contributed by atoms with Crippen LogP contribution in [0.25, 0.3) is 0 Å². The van der Waals surface area contributed by atoms with Gasteiger partial charge in [-0.3, -0.25) is 0 Å². The number of hydrogen-bond donors (Lipinski definition) is 3. The molecule has 1 aromatic carbocycles. The summed E-state index contributed by atoms with van der Waals surface area (Å²) < 4.78 is 4.40. The zero-order chi connectivity index (χ0) is 10.7. The first-order valence-electron chi connectivity index (χ1n) is 3.63. The Morgan fingerprint density at radius 2 is 1.79 bits per heavy atom. The lowest BCUT2D eigenvalue weighted by molar-refractivity contribution is 0.0663. The van der Waals surface area contributed by atoms with Crippen molar-refractivity contribution in [3.8, 4) is 17.2 Å². The molecule has 5 nitrogen and oxygen atoms in total. The predicted molar refractivity (Wildman–Crippen MR) is 47.0 cm³/mol. The number of aromatic hydroxyl groups is 3. The normalized spacial score (nSPS) is 9.43. The van der Waals surface area contributed by atoms with Crippen molar-refractivity contribution in [3.63, 3.8) is 0 Å². The fourth-order valence-corrected chi connectivity index (χ4v) is 0.866. The van der Waals surface area contributed by atoms with Crippen LogP contribution < -0.4 is 0 Å². The van der Waals surface area contributed by atoms with Crippen molar-refractivity contribution in [2.75, 3.05) is 0 Å². The monoisotopic (exact) mass is 196 g/mol. The molecule has 0 amide bonds. The van der Waals surface area contributed by atoms with E-state index < -0.39 is 23.2 Å². The van der Waals surface area contributed by atoms with Gasteiger partial charge in [-0.15, -0.1) is 0 Å². The van der Waals surface area contributed by atoms with E-state index in [2.05, 4.69) is 11.3 Å². The molecule has 0 saturated heterocycles. The average molecular weight is 196 g/mol. The smallest absolute Gasteiger partial charge is 0.343 e. The first-order valence-corrected chi connectivity index (χ1v) is 3.63. The fraction of sp³-hybridized carbons (Fsp3) is 0. The summed E-state index contributed by atoms with van der Waals surface area (Å²) in [6, 6.07) is 1.95. The Kier molecular flexibility index (Phi) is 2.62. The van der Waals surface area contributed by atoms with Crippen LogP contribution in [-0.4, -0.2) is 21.3 Å². The van der Waals surface area contributed by atoms with E-state index in [1.807, 2.05) is 0 Å². The summed E-state index contributed by atoms with van der Waals surface area (Å²) in [5, 5.41) is 27.1. The molecular weight excluding hydrogens is 188 g/mol. The second-order valence-electron chi connectivity index (χ2n) is 2.44. The van der Waals surface area contributed by atoms with Crippen molar-refractivity contribution in [1.29, 1.82) is 0 Å². The molecule has 3 N–H and O–H groups in total. The summed E-state index contributed by atoms with van der Waals surface area (Å²) in [6.07, 6.45) is 0.920. The maximum atomic E-state index is 11.1. The minimum atomic E-state index is -0.786. The average Bonchev–Trinajstić information content (AvgIpc) is 2.13. The van der Waals surface area contributed by atoms with Crippen molar-refractivity contribution in [2.24, 2.45) is 0 Å². The van der Waals surface area contributed by atoms with Crippen molar-refractivity contribution in [3.05, 3.63) is 30.5 Å². The van der Waals surface area contributed by atoms with Crippen molar-refractivity contribution in [1.82, 2.24) is 0 Å². The molecule has 0 radical (unpaired) electrons. The Hall–Kier alpha value is -2.17. The molecule has 0 aliphatic rings. The van der Waals surface area contributed by atoms with E-state index in [9.17, 15) is 4.79 Å². The van der Waals surface area contributed by atoms with Gasteiger partial charge in [-0.25, -0.2) is 4.79 Å². The molecule has 1 rings (SSSR count). The van der Waals surface area contributed by atoms with Crippen LogP contribution in [0.4, 0.5) is 0 Å². The molecule has 0 aliphatic carbocycles. The number of phenolic OH excluding ortho intramolecular Hbond substituents is 3. The second kappa shape index (κ2) is 3.69. The lowest BCUT2D eigenvalue weighted by atomic mass is 10.2. The molecule has 0 heterocycles. The Morgan fingerprint density at radius 1 is 1.29 bits per heavy atom. The third kappa shape index (κ3) is 1.77. The van der Waals surface area contributed by atoms with E-state index in [0.29, 0.717) is 0 Å². The number of carbonyl (C=O) groups excluding carboxylic acids is 1. The third-order valence-corrected chi connectivity index (χ3v) is 1.50. The number of benzene rings is 1. The predicted octanol–water partition coefficient (Wildman–Crippen LogP) is 1.10. The molecule has 0 spiro atoms. The van der Waals surface area contributed by atoms with Crippen LogP contribution in [0.3, 0.4) is 0 Å². The van der Waals surface area contributed by atoms with Gasteiger partial charge in [-0.1, -0.05) is 6.58 Å². The highest BCUT2D eigenvalue weighted by Crippen LogP contribution is 2.35. The topological polar surface area (TPSA) is 87.0 Å². The van der Waals surface area contributed by atoms with Crippen molar-refractivity contribution in [2.45, 2.75) is 0 Å². The van der Waals surface area contributed by atoms with Gasteiger partial charge in [0.2, 0.25) is 0 Å². The molecule has 0 unspecified atom stereocenters. The number of phenols is 3. The summed E-state index contributed by atoms with van der Waals surface area (Å²) in [6.45, 7) is 3.17. The van der Waals surface area contributed by atoms with Gasteiger partial charge >= 0.3 is 5.97 Å². The summed E-state index contributed by atoms with van der Waals surface area (Å²) >= 11 is 0. The SMILES string of the molecule is C=COC(=O)c1cc(O)c(O)c(O)c1. The van der Waals surface area contributed by atoms with Crippen LogP contribution in [0.2, 0.25) is 0 Å². The molecule has 0 aliphatic heterocycles. The van der Waals surface area contributed by atoms with E-state index in [1.54, 1.807) is 0 Å². The first-order chi connectivity index (χ1) is 6.56. The van der Waals surface area contributed by atoms with Crippen molar-refractivity contribution < 1.29 is 24.9 Å². The number of carbonyl (C=O) groups is 1. The maximum Gasteiger partial charge on any atom is 0.343 e. The van der Waals surface area contributed by atoms with Crippen LogP contribution in [0.5, 0.6) is 17.2 Å². The fourth-order valence-electron chi connectivity index (χ4n) is 0.866. The number of esters is 1. The first kappa shape index (κ1) is 9.91. The largest absolute Gasteiger partial charge is 0.504 e. The van der Waals surface area contributed by atoms with Crippen LogP contribution in [0.15, 0.2) is 25.0 Å². The number of hydrogen-bond acceptors (Lipinski definition) is 5. The van der Waals surface area contributed by atoms with Gasteiger partial charge in [0.25, 0.3) is 0 Å². The Morgan fingerprint density at radius 3 is 2.21 bits per heavy atom. The molecule has 5 heteroatoms. The Labute approximate surface area is 79.5 Å². The van der Waals surface area contributed by atoms with Crippen LogP contribution >= 0.6 is 0 Å². The van der Waals surface area contributed by atoms with Gasteiger partial charge in [0.1, 0.15) is 0 Å². The molecule has 14 heavy (non-hydrogen) atoms. The van der Waals surface area contributed by atoms with Gasteiger partial charge in [-0.2, -0.15) is 0 Å². The molecule has 0 atom stereocenters. The molecule has 0 aromatic heterocycles. The van der Waals surface area contributed by atoms with E-state index in [0.717, 1.165) is 18.4 Å². The molecule has 0 bridgehead atoms. The lowest BCUT2D eigenvalue weighted by Crippen LogP contribution is -1.99. The minimum Gasteiger partial charge on any atom is -0.504 e. The highest BCUT2D eigenvalue weighted by molar-refractivity contribution is 5.91. The quantitative estimate of drug-likeness (QED) is 0.374. The minimum absolute atomic E-state index is 0.0855. The lowest BCUT2D eigenvalue weighted by Gasteiger charge is -2.03. The Bertz CT molecular complexity index is 360. The third-order valence-electron chi connectivity index (χ3n) is 1.50. The van der Waals surface area contributed by atoms with Crippen LogP contribution in [0.1, 0.15) is 10.4 Å². The summed E-state index contributed by atoms with van der Waals surface area (Å²) in [7, 11) is 0. The van der Waals surface area contributed by atoms with Gasteiger partial charge in [0.05, 0.1) is 11.8 Å². The van der Waals surface area contributed by atoms with Gasteiger partial charge in [-0.05, 0) is 12.1 Å². The van der Waals surface area contributed by atoms with Crippen LogP contribution in [-0.2, 0) is 4.74 Å². The van der Waals surface area contributed by atoms with E-state index >= 15 is 0 Å². The summed E-state index contributed by atoms with van der Waals surface area (Å²) in [4.78, 5) is 11.1. The molecule has 0 fully saturated rings. The van der Waals surface area contributed by atoms with E-state index in [-0.39, 0.29) is 5.56 Å². The second-order valence-corrected chi connectivity index (χ2v) is 2.44. The molecule has 1 aromatic rings. The molecule has 0 saturated carbocycles. The van der Waals surface area contributed by atoms with Gasteiger partial charge in [0, 0.05) is 0 Å². The number of ether oxygens (including phenoxy) is 1. The Balaban J connectivity index is 3.12. The van der Waals surface area contributed by atoms with Gasteiger partial charge in [0.15, 0.2) is 17.2 Å². The van der Waals surface area contributed by atoms with Gasteiger partial charge < -0.3 is 20.1 Å². The van der Waals surface area contributed by atoms with E-state index in [1.165, 1.54) is 0 Å².